The second-order valence-electron chi connectivity index (χ2n) is 9.87. The summed E-state index contributed by atoms with van der Waals surface area (Å²) in [4.78, 5) is 40.1. The number of likely N-dealkylation sites (tertiary alicyclic amines) is 1. The predicted octanol–water partition coefficient (Wildman–Crippen LogP) is 3.87. The molecule has 7 heteroatoms. The molecule has 0 radical (unpaired) electrons. The molecular formula is C24H30N4O3. The predicted molar refractivity (Wildman–Crippen MR) is 121 cm³/mol. The number of amides is 3. The van der Waals surface area contributed by atoms with Crippen LogP contribution in [-0.2, 0) is 11.3 Å². The molecule has 164 valence electrons. The zero-order chi connectivity index (χ0) is 22.2. The third kappa shape index (κ3) is 4.81. The Bertz CT molecular complexity index is 1040. The number of hydrogen-bond acceptors (Lipinski definition) is 3. The molecular weight excluding hydrogens is 392 g/mol. The third-order valence-corrected chi connectivity index (χ3v) is 5.92. The van der Waals surface area contributed by atoms with Gasteiger partial charge in [-0.1, -0.05) is 39.0 Å². The van der Waals surface area contributed by atoms with E-state index < -0.39 is 6.03 Å². The topological polar surface area (TPSA) is 83.4 Å². The van der Waals surface area contributed by atoms with Crippen LogP contribution in [0.1, 0.15) is 45.2 Å². The van der Waals surface area contributed by atoms with Crippen molar-refractivity contribution in [2.75, 3.05) is 23.7 Å². The lowest BCUT2D eigenvalue weighted by atomic mass is 9.82. The molecule has 0 aliphatic carbocycles. The monoisotopic (exact) mass is 422 g/mol. The standard InChI is InChI=1S/C24H30N4O3/c1-24(2,3)12-21(29)27-13-16-11-17(15-27)20-10-9-19(22(30)28(20)14-16)26-23(31)25-18-7-5-4-6-8-18/h4-10,16-17H,11-15H2,1-3H3,(H2,25,26,31)/t16-,17+/m0/s1. The van der Waals surface area contributed by atoms with Gasteiger partial charge in [0.2, 0.25) is 5.91 Å². The molecule has 2 N–H and O–H groups in total. The van der Waals surface area contributed by atoms with Gasteiger partial charge in [-0.3, -0.25) is 9.59 Å². The highest BCUT2D eigenvalue weighted by Crippen LogP contribution is 2.36. The van der Waals surface area contributed by atoms with E-state index >= 15 is 0 Å². The van der Waals surface area contributed by atoms with E-state index in [1.807, 2.05) is 29.2 Å². The first-order valence-electron chi connectivity index (χ1n) is 10.8. The molecule has 0 unspecified atom stereocenters. The maximum Gasteiger partial charge on any atom is 0.323 e. The normalized spacial score (nSPS) is 20.0. The van der Waals surface area contributed by atoms with Gasteiger partial charge in [-0.2, -0.15) is 0 Å². The summed E-state index contributed by atoms with van der Waals surface area (Å²) in [7, 11) is 0. The second kappa shape index (κ2) is 8.21. The number of aromatic nitrogens is 1. The van der Waals surface area contributed by atoms with Crippen LogP contribution in [0.2, 0.25) is 0 Å². The maximum absolute atomic E-state index is 13.1. The van der Waals surface area contributed by atoms with Crippen LogP contribution in [0.4, 0.5) is 16.2 Å². The molecule has 1 fully saturated rings. The molecule has 1 aromatic carbocycles. The van der Waals surface area contributed by atoms with Crippen molar-refractivity contribution in [1.82, 2.24) is 9.47 Å². The van der Waals surface area contributed by atoms with Crippen molar-refractivity contribution < 1.29 is 9.59 Å². The number of nitrogens with zero attached hydrogens (tertiary/aromatic N) is 2. The summed E-state index contributed by atoms with van der Waals surface area (Å²) in [5.74, 6) is 0.589. The number of anilines is 2. The fourth-order valence-electron chi connectivity index (χ4n) is 4.62. The molecule has 4 rings (SSSR count). The van der Waals surface area contributed by atoms with E-state index in [0.29, 0.717) is 31.7 Å². The molecule has 2 aromatic rings. The minimum Gasteiger partial charge on any atom is -0.342 e. The summed E-state index contributed by atoms with van der Waals surface area (Å²) in [6.45, 7) is 8.13. The quantitative estimate of drug-likeness (QED) is 0.788. The van der Waals surface area contributed by atoms with E-state index in [4.69, 9.17) is 0 Å². The molecule has 2 atom stereocenters. The summed E-state index contributed by atoms with van der Waals surface area (Å²) in [5.41, 5.74) is 1.64. The molecule has 3 amide bonds. The molecule has 2 bridgehead atoms. The van der Waals surface area contributed by atoms with Crippen LogP contribution in [0.3, 0.4) is 0 Å². The van der Waals surface area contributed by atoms with Crippen molar-refractivity contribution in [3.8, 4) is 0 Å². The minimum absolute atomic E-state index is 0.0423. The van der Waals surface area contributed by atoms with Crippen molar-refractivity contribution in [3.05, 3.63) is 58.5 Å². The zero-order valence-electron chi connectivity index (χ0n) is 18.4. The number of benzene rings is 1. The van der Waals surface area contributed by atoms with E-state index in [9.17, 15) is 14.4 Å². The number of carbonyl (C=O) groups excluding carboxylic acids is 2. The lowest BCUT2D eigenvalue weighted by Gasteiger charge is -2.43. The number of hydrogen-bond donors (Lipinski definition) is 2. The number of rotatable bonds is 3. The van der Waals surface area contributed by atoms with Gasteiger partial charge in [0.05, 0.1) is 0 Å². The number of carbonyl (C=O) groups is 2. The molecule has 0 saturated carbocycles. The van der Waals surface area contributed by atoms with Gasteiger partial charge in [-0.25, -0.2) is 4.79 Å². The Morgan fingerprint density at radius 1 is 1.00 bits per heavy atom. The molecule has 2 aliphatic rings. The molecule has 0 spiro atoms. The smallest absolute Gasteiger partial charge is 0.323 e. The zero-order valence-corrected chi connectivity index (χ0v) is 18.4. The Morgan fingerprint density at radius 3 is 2.45 bits per heavy atom. The van der Waals surface area contributed by atoms with Crippen LogP contribution in [0.5, 0.6) is 0 Å². The van der Waals surface area contributed by atoms with Crippen LogP contribution in [0.25, 0.3) is 0 Å². The Balaban J connectivity index is 1.49. The summed E-state index contributed by atoms with van der Waals surface area (Å²) in [6.07, 6.45) is 1.51. The average Bonchev–Trinajstić information content (AvgIpc) is 2.70. The van der Waals surface area contributed by atoms with Crippen molar-refractivity contribution in [1.29, 1.82) is 0 Å². The first-order valence-corrected chi connectivity index (χ1v) is 10.8. The summed E-state index contributed by atoms with van der Waals surface area (Å²) < 4.78 is 1.78. The Kier molecular flexibility index (Phi) is 5.60. The first-order chi connectivity index (χ1) is 14.7. The molecule has 7 nitrogen and oxygen atoms in total. The highest BCUT2D eigenvalue weighted by Gasteiger charge is 2.37. The molecule has 31 heavy (non-hydrogen) atoms. The highest BCUT2D eigenvalue weighted by molar-refractivity contribution is 5.99. The van der Waals surface area contributed by atoms with Gasteiger partial charge >= 0.3 is 6.03 Å². The Hall–Kier alpha value is -3.09. The fourth-order valence-corrected chi connectivity index (χ4v) is 4.62. The van der Waals surface area contributed by atoms with Gasteiger partial charge in [0.25, 0.3) is 5.56 Å². The van der Waals surface area contributed by atoms with Gasteiger partial charge in [-0.15, -0.1) is 0 Å². The van der Waals surface area contributed by atoms with Crippen molar-refractivity contribution in [3.63, 3.8) is 0 Å². The number of fused-ring (bicyclic) bond motifs is 4. The van der Waals surface area contributed by atoms with Gasteiger partial charge in [0.15, 0.2) is 0 Å². The number of nitrogens with one attached hydrogen (secondary N) is 2. The number of piperidine rings is 1. The molecule has 1 saturated heterocycles. The lowest BCUT2D eigenvalue weighted by molar-refractivity contribution is -0.135. The van der Waals surface area contributed by atoms with E-state index in [1.165, 1.54) is 0 Å². The van der Waals surface area contributed by atoms with Gasteiger partial charge in [0, 0.05) is 43.4 Å². The largest absolute Gasteiger partial charge is 0.342 e. The van der Waals surface area contributed by atoms with Gasteiger partial charge in [0.1, 0.15) is 5.69 Å². The SMILES string of the molecule is CC(C)(C)CC(=O)N1C[C@@H]2C[C@H](C1)c1ccc(NC(=O)Nc3ccccc3)c(=O)n1C2. The third-order valence-electron chi connectivity index (χ3n) is 5.92. The van der Waals surface area contributed by atoms with Crippen LogP contribution < -0.4 is 16.2 Å². The Morgan fingerprint density at radius 2 is 1.74 bits per heavy atom. The van der Waals surface area contributed by atoms with E-state index in [-0.39, 0.29) is 34.4 Å². The average molecular weight is 423 g/mol. The van der Waals surface area contributed by atoms with Gasteiger partial charge in [-0.05, 0) is 42.0 Å². The maximum atomic E-state index is 13.1. The van der Waals surface area contributed by atoms with Crippen molar-refractivity contribution in [2.45, 2.75) is 46.1 Å². The van der Waals surface area contributed by atoms with E-state index in [2.05, 4.69) is 31.4 Å². The van der Waals surface area contributed by atoms with Crippen LogP contribution >= 0.6 is 0 Å². The fraction of sp³-hybridized carbons (Fsp3) is 0.458. The van der Waals surface area contributed by atoms with Crippen molar-refractivity contribution >= 4 is 23.3 Å². The summed E-state index contributed by atoms with van der Waals surface area (Å²) in [5, 5.41) is 5.41. The van der Waals surface area contributed by atoms with Crippen molar-refractivity contribution in [2.24, 2.45) is 11.3 Å². The van der Waals surface area contributed by atoms with Crippen LogP contribution in [0.15, 0.2) is 47.3 Å². The first kappa shape index (κ1) is 21.2. The van der Waals surface area contributed by atoms with Crippen LogP contribution in [0, 0.1) is 11.3 Å². The number of para-hydroxylation sites is 1. The van der Waals surface area contributed by atoms with E-state index in [1.54, 1.807) is 22.8 Å². The Labute approximate surface area is 182 Å². The highest BCUT2D eigenvalue weighted by atomic mass is 16.2. The second-order valence-corrected chi connectivity index (χ2v) is 9.87. The number of pyridine rings is 1. The van der Waals surface area contributed by atoms with Gasteiger partial charge < -0.3 is 20.1 Å². The molecule has 1 aromatic heterocycles. The lowest BCUT2D eigenvalue weighted by Crippen LogP contribution is -2.49. The van der Waals surface area contributed by atoms with E-state index in [0.717, 1.165) is 12.1 Å². The van der Waals surface area contributed by atoms with Crippen LogP contribution in [-0.4, -0.2) is 34.5 Å². The minimum atomic E-state index is -0.446. The number of urea groups is 1. The summed E-state index contributed by atoms with van der Waals surface area (Å²) in [6, 6.07) is 12.2. The molecule has 2 aliphatic heterocycles. The summed E-state index contributed by atoms with van der Waals surface area (Å²) >= 11 is 0. The molecule has 3 heterocycles.